The highest BCUT2D eigenvalue weighted by Gasteiger charge is 2.25. The third-order valence-corrected chi connectivity index (χ3v) is 6.55. The summed E-state index contributed by atoms with van der Waals surface area (Å²) in [7, 11) is 0. The average Bonchev–Trinajstić information content (AvgIpc) is 2.70. The molecular weight excluding hydrogens is 356 g/mol. The van der Waals surface area contributed by atoms with Crippen molar-refractivity contribution < 1.29 is 9.47 Å². The first-order valence-corrected chi connectivity index (χ1v) is 13.5. The Balaban J connectivity index is 1.88. The predicted octanol–water partition coefficient (Wildman–Crippen LogP) is 9.00. The first kappa shape index (κ1) is 27.0. The van der Waals surface area contributed by atoms with Crippen LogP contribution in [0.3, 0.4) is 0 Å². The second-order valence-corrected chi connectivity index (χ2v) is 9.61. The van der Waals surface area contributed by atoms with Crippen LogP contribution in [-0.4, -0.2) is 24.9 Å². The van der Waals surface area contributed by atoms with Crippen molar-refractivity contribution in [3.63, 3.8) is 0 Å². The van der Waals surface area contributed by atoms with E-state index in [9.17, 15) is 0 Å². The number of unbranched alkanes of at least 4 members (excludes halogenated alkanes) is 13. The van der Waals surface area contributed by atoms with Gasteiger partial charge < -0.3 is 9.47 Å². The minimum absolute atomic E-state index is 0.504. The lowest BCUT2D eigenvalue weighted by atomic mass is 9.98. The Morgan fingerprint density at radius 3 is 1.76 bits per heavy atom. The minimum Gasteiger partial charge on any atom is -0.378 e. The number of hydrogen-bond donors (Lipinski definition) is 0. The van der Waals surface area contributed by atoms with Crippen LogP contribution in [0.2, 0.25) is 0 Å². The molecule has 0 aromatic carbocycles. The van der Waals surface area contributed by atoms with Crippen LogP contribution in [-0.2, 0) is 9.47 Å². The molecule has 174 valence electrons. The van der Waals surface area contributed by atoms with E-state index < -0.39 is 0 Å². The van der Waals surface area contributed by atoms with Crippen molar-refractivity contribution in [3.05, 3.63) is 0 Å². The second-order valence-electron chi connectivity index (χ2n) is 9.61. The zero-order valence-electron chi connectivity index (χ0n) is 20.4. The molecule has 0 radical (unpaired) electrons. The maximum absolute atomic E-state index is 6.27. The standard InChI is InChI=1S/C27H54O2/c1-4-6-8-9-10-11-12-13-14-15-16-19-23-28-26(20-7-5-2)21-17-18-22-27-24-25(3)29-27/h25-27H,4-24H2,1-3H3. The third kappa shape index (κ3) is 16.3. The van der Waals surface area contributed by atoms with Gasteiger partial charge in [-0.1, -0.05) is 110 Å². The Morgan fingerprint density at radius 1 is 0.690 bits per heavy atom. The molecule has 3 unspecified atom stereocenters. The molecule has 0 spiro atoms. The molecule has 1 rings (SSSR count). The molecule has 1 saturated heterocycles. The SMILES string of the molecule is CCCCCCCCCCCCCCOC(CCCC)CCCCC1CC(C)O1. The van der Waals surface area contributed by atoms with Crippen molar-refractivity contribution in [1.29, 1.82) is 0 Å². The van der Waals surface area contributed by atoms with E-state index in [1.165, 1.54) is 128 Å². The van der Waals surface area contributed by atoms with Crippen LogP contribution in [0.1, 0.15) is 149 Å². The van der Waals surface area contributed by atoms with Gasteiger partial charge in [-0.2, -0.15) is 0 Å². The zero-order chi connectivity index (χ0) is 21.0. The molecule has 2 nitrogen and oxygen atoms in total. The van der Waals surface area contributed by atoms with E-state index in [2.05, 4.69) is 20.8 Å². The minimum atomic E-state index is 0.504. The summed E-state index contributed by atoms with van der Waals surface area (Å²) in [6.45, 7) is 7.75. The highest BCUT2D eigenvalue weighted by Crippen LogP contribution is 2.25. The van der Waals surface area contributed by atoms with Crippen molar-refractivity contribution in [2.45, 2.75) is 167 Å². The van der Waals surface area contributed by atoms with Gasteiger partial charge >= 0.3 is 0 Å². The molecule has 3 atom stereocenters. The highest BCUT2D eigenvalue weighted by molar-refractivity contribution is 4.74. The Labute approximate surface area is 183 Å². The quantitative estimate of drug-likeness (QED) is 0.166. The summed E-state index contributed by atoms with van der Waals surface area (Å²) in [6.07, 6.45) is 28.8. The van der Waals surface area contributed by atoms with Gasteiger partial charge in [0.05, 0.1) is 18.3 Å². The summed E-state index contributed by atoms with van der Waals surface area (Å²) >= 11 is 0. The molecule has 2 heteroatoms. The monoisotopic (exact) mass is 410 g/mol. The van der Waals surface area contributed by atoms with Crippen LogP contribution in [0.5, 0.6) is 0 Å². The number of ether oxygens (including phenoxy) is 2. The topological polar surface area (TPSA) is 18.5 Å². The lowest BCUT2D eigenvalue weighted by Gasteiger charge is -2.33. The van der Waals surface area contributed by atoms with Crippen LogP contribution in [0.15, 0.2) is 0 Å². The van der Waals surface area contributed by atoms with Crippen molar-refractivity contribution in [2.24, 2.45) is 0 Å². The summed E-state index contributed by atoms with van der Waals surface area (Å²) in [5, 5.41) is 0. The Morgan fingerprint density at radius 2 is 1.21 bits per heavy atom. The molecule has 29 heavy (non-hydrogen) atoms. The van der Waals surface area contributed by atoms with Gasteiger partial charge in [-0.05, 0) is 39.0 Å². The van der Waals surface area contributed by atoms with Gasteiger partial charge in [-0.25, -0.2) is 0 Å². The van der Waals surface area contributed by atoms with E-state index in [-0.39, 0.29) is 0 Å². The largest absolute Gasteiger partial charge is 0.378 e. The molecule has 0 saturated carbocycles. The van der Waals surface area contributed by atoms with Crippen LogP contribution in [0, 0.1) is 0 Å². The third-order valence-electron chi connectivity index (χ3n) is 6.55. The Hall–Kier alpha value is -0.0800. The van der Waals surface area contributed by atoms with Gasteiger partial charge in [0.1, 0.15) is 0 Å². The molecule has 1 aliphatic heterocycles. The van der Waals surface area contributed by atoms with Crippen LogP contribution in [0.25, 0.3) is 0 Å². The maximum Gasteiger partial charge on any atom is 0.0603 e. The van der Waals surface area contributed by atoms with Crippen LogP contribution < -0.4 is 0 Å². The van der Waals surface area contributed by atoms with E-state index in [0.717, 1.165) is 6.61 Å². The van der Waals surface area contributed by atoms with Gasteiger partial charge in [0.2, 0.25) is 0 Å². The maximum atomic E-state index is 6.27. The lowest BCUT2D eigenvalue weighted by Crippen LogP contribution is -2.34. The summed E-state index contributed by atoms with van der Waals surface area (Å²) < 4.78 is 12.0. The van der Waals surface area contributed by atoms with Crippen molar-refractivity contribution >= 4 is 0 Å². The molecule has 1 fully saturated rings. The second kappa shape index (κ2) is 19.9. The van der Waals surface area contributed by atoms with Gasteiger partial charge in [0.15, 0.2) is 0 Å². The Bertz CT molecular complexity index is 324. The van der Waals surface area contributed by atoms with E-state index in [0.29, 0.717) is 18.3 Å². The van der Waals surface area contributed by atoms with E-state index in [1.54, 1.807) is 0 Å². The summed E-state index contributed by atoms with van der Waals surface area (Å²) in [5.74, 6) is 0. The molecular formula is C27H54O2. The first-order valence-electron chi connectivity index (χ1n) is 13.5. The van der Waals surface area contributed by atoms with E-state index in [4.69, 9.17) is 9.47 Å². The van der Waals surface area contributed by atoms with Gasteiger partial charge in [0.25, 0.3) is 0 Å². The average molecular weight is 411 g/mol. The van der Waals surface area contributed by atoms with Crippen molar-refractivity contribution in [2.75, 3.05) is 6.61 Å². The molecule has 0 amide bonds. The Kier molecular flexibility index (Phi) is 18.5. The van der Waals surface area contributed by atoms with Gasteiger partial charge in [0, 0.05) is 6.61 Å². The molecule has 1 heterocycles. The number of rotatable bonds is 22. The predicted molar refractivity (Wildman–Crippen MR) is 128 cm³/mol. The van der Waals surface area contributed by atoms with Crippen molar-refractivity contribution in [3.8, 4) is 0 Å². The molecule has 1 aliphatic rings. The fourth-order valence-electron chi connectivity index (χ4n) is 4.55. The summed E-state index contributed by atoms with van der Waals surface area (Å²) in [5.41, 5.74) is 0. The highest BCUT2D eigenvalue weighted by atomic mass is 16.5. The van der Waals surface area contributed by atoms with Gasteiger partial charge in [-0.15, -0.1) is 0 Å². The molecule has 0 aromatic heterocycles. The molecule has 0 aliphatic carbocycles. The lowest BCUT2D eigenvalue weighted by molar-refractivity contribution is -0.117. The zero-order valence-corrected chi connectivity index (χ0v) is 20.4. The van der Waals surface area contributed by atoms with Crippen LogP contribution >= 0.6 is 0 Å². The first-order chi connectivity index (χ1) is 14.3. The fraction of sp³-hybridized carbons (Fsp3) is 1.00. The molecule has 0 aromatic rings. The summed E-state index contributed by atoms with van der Waals surface area (Å²) in [6, 6.07) is 0. The summed E-state index contributed by atoms with van der Waals surface area (Å²) in [4.78, 5) is 0. The fourth-order valence-corrected chi connectivity index (χ4v) is 4.55. The van der Waals surface area contributed by atoms with Gasteiger partial charge in [-0.3, -0.25) is 0 Å². The van der Waals surface area contributed by atoms with Crippen LogP contribution in [0.4, 0.5) is 0 Å². The normalized spacial score (nSPS) is 20.0. The molecule has 0 bridgehead atoms. The van der Waals surface area contributed by atoms with Crippen molar-refractivity contribution in [1.82, 2.24) is 0 Å². The van der Waals surface area contributed by atoms with E-state index in [1.807, 2.05) is 0 Å². The smallest absolute Gasteiger partial charge is 0.0603 e. The molecule has 0 N–H and O–H groups in total. The van der Waals surface area contributed by atoms with E-state index >= 15 is 0 Å². The number of hydrogen-bond acceptors (Lipinski definition) is 2.